The fourth-order valence-electron chi connectivity index (χ4n) is 1.23. The van der Waals surface area contributed by atoms with E-state index in [9.17, 15) is 4.79 Å². The lowest BCUT2D eigenvalue weighted by Crippen LogP contribution is -2.27. The van der Waals surface area contributed by atoms with Crippen LogP contribution < -0.4 is 5.32 Å². The molecular formula is C12H25BrN2O2. The van der Waals surface area contributed by atoms with Crippen LogP contribution in [0.5, 0.6) is 0 Å². The highest BCUT2D eigenvalue weighted by Gasteiger charge is 1.97. The van der Waals surface area contributed by atoms with Crippen molar-refractivity contribution in [3.05, 3.63) is 11.6 Å². The van der Waals surface area contributed by atoms with E-state index in [0.717, 1.165) is 38.9 Å². The summed E-state index contributed by atoms with van der Waals surface area (Å²) in [7, 11) is 4.11. The molecule has 0 saturated heterocycles. The lowest BCUT2D eigenvalue weighted by atomic mass is 10.2. The van der Waals surface area contributed by atoms with Crippen LogP contribution in [0.3, 0.4) is 0 Å². The number of aliphatic carboxylic acids is 1. The van der Waals surface area contributed by atoms with E-state index in [-0.39, 0.29) is 17.0 Å². The van der Waals surface area contributed by atoms with Gasteiger partial charge >= 0.3 is 5.97 Å². The van der Waals surface area contributed by atoms with Crippen LogP contribution in [0.25, 0.3) is 0 Å². The minimum atomic E-state index is -0.816. The van der Waals surface area contributed by atoms with Crippen molar-refractivity contribution in [3.63, 3.8) is 0 Å². The molecule has 0 aliphatic carbocycles. The van der Waals surface area contributed by atoms with E-state index < -0.39 is 5.97 Å². The van der Waals surface area contributed by atoms with E-state index >= 15 is 0 Å². The van der Waals surface area contributed by atoms with Crippen molar-refractivity contribution in [1.29, 1.82) is 0 Å². The summed E-state index contributed by atoms with van der Waals surface area (Å²) in [5.41, 5.74) is 0.445. The Hall–Kier alpha value is -0.390. The summed E-state index contributed by atoms with van der Waals surface area (Å²) >= 11 is 0. The lowest BCUT2D eigenvalue weighted by Gasteiger charge is -2.09. The number of nitrogens with zero attached hydrogens (tertiary/aromatic N) is 1. The molecule has 17 heavy (non-hydrogen) atoms. The van der Waals surface area contributed by atoms with Crippen molar-refractivity contribution in [3.8, 4) is 0 Å². The molecule has 102 valence electrons. The molecule has 0 rings (SSSR count). The maximum atomic E-state index is 10.5. The van der Waals surface area contributed by atoms with Crippen molar-refractivity contribution in [2.24, 2.45) is 0 Å². The molecule has 0 heterocycles. The summed E-state index contributed by atoms with van der Waals surface area (Å²) in [4.78, 5) is 12.6. The predicted octanol–water partition coefficient (Wildman–Crippen LogP) is 1.92. The number of allylic oxidation sites excluding steroid dienone is 1. The molecule has 0 aliphatic heterocycles. The van der Waals surface area contributed by atoms with Gasteiger partial charge in [0.1, 0.15) is 0 Å². The molecule has 0 atom stereocenters. The minimum absolute atomic E-state index is 0. The number of carbonyl (C=O) groups is 1. The van der Waals surface area contributed by atoms with Gasteiger partial charge in [-0.05, 0) is 46.8 Å². The molecule has 0 aromatic carbocycles. The molecule has 0 amide bonds. The normalized spacial score (nSPS) is 11.4. The lowest BCUT2D eigenvalue weighted by molar-refractivity contribution is -0.132. The monoisotopic (exact) mass is 308 g/mol. The first-order chi connectivity index (χ1) is 7.54. The Kier molecular flexibility index (Phi) is 13.5. The van der Waals surface area contributed by atoms with Gasteiger partial charge in [0.2, 0.25) is 0 Å². The molecule has 0 spiro atoms. The Morgan fingerprint density at radius 3 is 2.47 bits per heavy atom. The van der Waals surface area contributed by atoms with E-state index in [4.69, 9.17) is 5.11 Å². The van der Waals surface area contributed by atoms with Crippen LogP contribution in [-0.4, -0.2) is 49.7 Å². The smallest absolute Gasteiger partial charge is 0.330 e. The van der Waals surface area contributed by atoms with Gasteiger partial charge in [-0.2, -0.15) is 0 Å². The van der Waals surface area contributed by atoms with Crippen LogP contribution in [0.1, 0.15) is 26.2 Å². The highest BCUT2D eigenvalue weighted by atomic mass is 79.9. The third-order valence-corrected chi connectivity index (χ3v) is 2.33. The first kappa shape index (κ1) is 19.0. The zero-order chi connectivity index (χ0) is 12.4. The first-order valence-corrected chi connectivity index (χ1v) is 5.79. The Balaban J connectivity index is 0. The van der Waals surface area contributed by atoms with Crippen LogP contribution >= 0.6 is 17.0 Å². The number of likely N-dealkylation sites (N-methyl/N-ethyl adjacent to an activating group) is 1. The molecule has 0 fully saturated rings. The zero-order valence-corrected chi connectivity index (χ0v) is 12.7. The number of unbranched alkanes of at least 4 members (excludes halogenated alkanes) is 2. The average Bonchev–Trinajstić information content (AvgIpc) is 2.21. The highest BCUT2D eigenvalue weighted by Crippen LogP contribution is 2.00. The van der Waals surface area contributed by atoms with Crippen LogP contribution in [0.4, 0.5) is 0 Å². The maximum absolute atomic E-state index is 10.5. The zero-order valence-electron chi connectivity index (χ0n) is 11.0. The van der Waals surface area contributed by atoms with Gasteiger partial charge in [0.05, 0.1) is 0 Å². The minimum Gasteiger partial charge on any atom is -0.478 e. The predicted molar refractivity (Wildman–Crippen MR) is 77.0 cm³/mol. The Morgan fingerprint density at radius 1 is 1.29 bits per heavy atom. The molecule has 0 unspecified atom stereocenters. The third-order valence-electron chi connectivity index (χ3n) is 2.33. The molecule has 0 aliphatic rings. The molecular weight excluding hydrogens is 284 g/mol. The van der Waals surface area contributed by atoms with Gasteiger partial charge in [0.15, 0.2) is 0 Å². The number of carboxylic acids is 1. The summed E-state index contributed by atoms with van der Waals surface area (Å²) in [5, 5.41) is 12.0. The summed E-state index contributed by atoms with van der Waals surface area (Å²) in [5.74, 6) is -0.816. The van der Waals surface area contributed by atoms with Crippen molar-refractivity contribution < 1.29 is 9.90 Å². The number of nitrogens with one attached hydrogen (secondary N) is 1. The fourth-order valence-corrected chi connectivity index (χ4v) is 1.23. The SMILES string of the molecule is Br.CC(=CCCCCNCCN(C)C)C(=O)O. The van der Waals surface area contributed by atoms with Crippen LogP contribution in [0.15, 0.2) is 11.6 Å². The highest BCUT2D eigenvalue weighted by molar-refractivity contribution is 8.93. The van der Waals surface area contributed by atoms with Crippen LogP contribution in [0, 0.1) is 0 Å². The van der Waals surface area contributed by atoms with E-state index in [1.165, 1.54) is 0 Å². The van der Waals surface area contributed by atoms with Gasteiger partial charge in [-0.15, -0.1) is 17.0 Å². The fraction of sp³-hybridized carbons (Fsp3) is 0.750. The van der Waals surface area contributed by atoms with E-state index in [2.05, 4.69) is 24.3 Å². The molecule has 0 radical (unpaired) electrons. The summed E-state index contributed by atoms with van der Waals surface area (Å²) in [6.45, 7) is 4.71. The maximum Gasteiger partial charge on any atom is 0.330 e. The number of carboxylic acid groups (broad SMARTS) is 1. The van der Waals surface area contributed by atoms with Gasteiger partial charge in [-0.1, -0.05) is 6.08 Å². The second kappa shape index (κ2) is 12.1. The Bertz CT molecular complexity index is 231. The number of halogens is 1. The summed E-state index contributed by atoms with van der Waals surface area (Å²) in [6, 6.07) is 0. The molecule has 5 heteroatoms. The van der Waals surface area contributed by atoms with Gasteiger partial charge in [-0.3, -0.25) is 0 Å². The van der Waals surface area contributed by atoms with Crippen molar-refractivity contribution in [2.75, 3.05) is 33.7 Å². The second-order valence-electron chi connectivity index (χ2n) is 4.24. The van der Waals surface area contributed by atoms with E-state index in [1.54, 1.807) is 13.0 Å². The molecule has 0 bridgehead atoms. The third kappa shape index (κ3) is 13.5. The number of rotatable bonds is 9. The topological polar surface area (TPSA) is 52.6 Å². The Morgan fingerprint density at radius 2 is 1.94 bits per heavy atom. The van der Waals surface area contributed by atoms with Gasteiger partial charge in [0, 0.05) is 18.7 Å². The van der Waals surface area contributed by atoms with Gasteiger partial charge in [-0.25, -0.2) is 4.79 Å². The quantitative estimate of drug-likeness (QED) is 0.505. The summed E-state index contributed by atoms with van der Waals surface area (Å²) in [6.07, 6.45) is 4.78. The standard InChI is InChI=1S/C12H24N2O2.BrH/c1-11(12(15)16)7-5-4-6-8-13-9-10-14(2)3;/h7,13H,4-6,8-10H2,1-3H3,(H,15,16);1H. The molecule has 0 aromatic heterocycles. The van der Waals surface area contributed by atoms with Crippen LogP contribution in [0.2, 0.25) is 0 Å². The largest absolute Gasteiger partial charge is 0.478 e. The average molecular weight is 309 g/mol. The van der Waals surface area contributed by atoms with Crippen molar-refractivity contribution >= 4 is 23.0 Å². The second-order valence-corrected chi connectivity index (χ2v) is 4.24. The van der Waals surface area contributed by atoms with Crippen molar-refractivity contribution in [1.82, 2.24) is 10.2 Å². The first-order valence-electron chi connectivity index (χ1n) is 5.79. The number of hydrogen-bond acceptors (Lipinski definition) is 3. The Labute approximate surface area is 115 Å². The van der Waals surface area contributed by atoms with Gasteiger partial charge < -0.3 is 15.3 Å². The number of hydrogen-bond donors (Lipinski definition) is 2. The van der Waals surface area contributed by atoms with Crippen LogP contribution in [-0.2, 0) is 4.79 Å². The van der Waals surface area contributed by atoms with Crippen molar-refractivity contribution in [2.45, 2.75) is 26.2 Å². The summed E-state index contributed by atoms with van der Waals surface area (Å²) < 4.78 is 0. The molecule has 2 N–H and O–H groups in total. The molecule has 4 nitrogen and oxygen atoms in total. The van der Waals surface area contributed by atoms with Gasteiger partial charge in [0.25, 0.3) is 0 Å². The molecule has 0 aromatic rings. The van der Waals surface area contributed by atoms with E-state index in [1.807, 2.05) is 0 Å². The molecule has 0 saturated carbocycles. The van der Waals surface area contributed by atoms with E-state index in [0.29, 0.717) is 5.57 Å².